The molecule has 2 unspecified atom stereocenters. The first-order valence-corrected chi connectivity index (χ1v) is 40.7. The molecule has 0 saturated heterocycles. The van der Waals surface area contributed by atoms with Crippen LogP contribution in [0.5, 0.6) is 0 Å². The number of rotatable bonds is 75. The van der Waals surface area contributed by atoms with E-state index in [0.717, 1.165) is 96.3 Å². The number of aliphatic carboxylic acids is 1. The average Bonchev–Trinajstić information content (AvgIpc) is 3.11. The normalized spacial score (nSPS) is 13.3. The Labute approximate surface area is 599 Å². The van der Waals surface area contributed by atoms with Crippen LogP contribution in [0.3, 0.4) is 0 Å². The standard InChI is InChI=1S/C88H153NO8/c1-6-8-10-12-14-16-18-20-22-24-26-28-30-32-34-36-38-40-42-43-45-47-49-51-53-55-57-59-61-63-65-67-69-71-73-75-77-79-86(91)97-84(83-96-88(87(92)93)94-81-80-89(3,4)5)82-95-85(90)78-76-74-72-70-68-66-64-62-60-58-56-54-52-50-48-46-44-41-39-37-35-33-31-29-27-25-23-21-19-17-15-13-11-9-7-2/h8-11,14-17,20-23,26-29,32,34,38,40,84,88H,6-7,12-13,18-19,24-25,30-31,33,35-37,39,41-83H2,1-5H3/b10-8-,11-9-,16-14-,17-15-,22-20-,23-21-,28-26-,29-27-,34-32-,40-38-. The second-order valence-corrected chi connectivity index (χ2v) is 28.3. The molecule has 0 aliphatic carbocycles. The summed E-state index contributed by atoms with van der Waals surface area (Å²) in [5.74, 6) is -2.26. The van der Waals surface area contributed by atoms with Gasteiger partial charge in [0.1, 0.15) is 13.2 Å². The van der Waals surface area contributed by atoms with Gasteiger partial charge in [-0.3, -0.25) is 9.59 Å². The Morgan fingerprint density at radius 3 is 0.825 bits per heavy atom. The van der Waals surface area contributed by atoms with Crippen molar-refractivity contribution in [2.75, 3.05) is 47.5 Å². The predicted molar refractivity (Wildman–Crippen MR) is 417 cm³/mol. The van der Waals surface area contributed by atoms with E-state index in [-0.39, 0.29) is 32.2 Å². The highest BCUT2D eigenvalue weighted by Gasteiger charge is 2.22. The fourth-order valence-electron chi connectivity index (χ4n) is 11.6. The van der Waals surface area contributed by atoms with Gasteiger partial charge in [0.05, 0.1) is 40.3 Å². The Morgan fingerprint density at radius 1 is 0.309 bits per heavy atom. The molecule has 0 bridgehead atoms. The number of unbranched alkanes of at least 4 members (excludes halogenated alkanes) is 40. The molecule has 97 heavy (non-hydrogen) atoms. The third-order valence-electron chi connectivity index (χ3n) is 17.7. The lowest BCUT2D eigenvalue weighted by Crippen LogP contribution is -2.44. The van der Waals surface area contributed by atoms with Crippen LogP contribution in [0.2, 0.25) is 0 Å². The lowest BCUT2D eigenvalue weighted by Gasteiger charge is -2.26. The highest BCUT2D eigenvalue weighted by molar-refractivity contribution is 5.70. The van der Waals surface area contributed by atoms with Crippen molar-refractivity contribution in [2.24, 2.45) is 0 Å². The van der Waals surface area contributed by atoms with Crippen LogP contribution in [0.25, 0.3) is 0 Å². The van der Waals surface area contributed by atoms with Crippen LogP contribution in [0.4, 0.5) is 0 Å². The maximum atomic E-state index is 13.0. The van der Waals surface area contributed by atoms with Crippen LogP contribution < -0.4 is 5.11 Å². The van der Waals surface area contributed by atoms with E-state index >= 15 is 0 Å². The number of ether oxygens (including phenoxy) is 4. The number of quaternary nitrogens is 1. The molecule has 0 rings (SSSR count). The minimum atomic E-state index is -1.63. The highest BCUT2D eigenvalue weighted by Crippen LogP contribution is 2.19. The summed E-state index contributed by atoms with van der Waals surface area (Å²) in [7, 11) is 5.94. The Balaban J connectivity index is 3.99. The van der Waals surface area contributed by atoms with Crippen LogP contribution >= 0.6 is 0 Å². The number of hydrogen-bond donors (Lipinski definition) is 0. The molecule has 0 aliphatic heterocycles. The first kappa shape index (κ1) is 92.7. The molecule has 0 spiro atoms. The van der Waals surface area contributed by atoms with Crippen molar-refractivity contribution in [2.45, 2.75) is 373 Å². The summed E-state index contributed by atoms with van der Waals surface area (Å²) in [6, 6.07) is 0. The van der Waals surface area contributed by atoms with E-state index in [2.05, 4.69) is 135 Å². The van der Waals surface area contributed by atoms with Crippen molar-refractivity contribution < 1.29 is 42.9 Å². The Bertz CT molecular complexity index is 2020. The first-order chi connectivity index (χ1) is 47.6. The first-order valence-electron chi connectivity index (χ1n) is 40.7. The second kappa shape index (κ2) is 77.4. The van der Waals surface area contributed by atoms with Crippen LogP contribution in [0, 0.1) is 0 Å². The number of carboxylic acid groups (broad SMARTS) is 1. The number of hydrogen-bond acceptors (Lipinski definition) is 8. The van der Waals surface area contributed by atoms with E-state index in [1.165, 1.54) is 231 Å². The van der Waals surface area contributed by atoms with E-state index < -0.39 is 24.3 Å². The Hall–Kier alpha value is -4.31. The number of carbonyl (C=O) groups excluding carboxylic acids is 3. The van der Waals surface area contributed by atoms with Crippen molar-refractivity contribution >= 4 is 17.9 Å². The molecular weight excluding hydrogens is 1200 g/mol. The van der Waals surface area contributed by atoms with Crippen molar-refractivity contribution in [1.29, 1.82) is 0 Å². The van der Waals surface area contributed by atoms with Crippen LogP contribution in [-0.4, -0.2) is 82.3 Å². The highest BCUT2D eigenvalue weighted by atomic mass is 16.7. The Morgan fingerprint density at radius 2 is 0.557 bits per heavy atom. The molecule has 0 aromatic carbocycles. The van der Waals surface area contributed by atoms with Crippen LogP contribution in [0.1, 0.15) is 361 Å². The number of allylic oxidation sites excluding steroid dienone is 20. The van der Waals surface area contributed by atoms with Crippen LogP contribution in [0.15, 0.2) is 122 Å². The zero-order valence-electron chi connectivity index (χ0n) is 63.9. The second-order valence-electron chi connectivity index (χ2n) is 28.3. The van der Waals surface area contributed by atoms with Gasteiger partial charge < -0.3 is 33.3 Å². The fourth-order valence-corrected chi connectivity index (χ4v) is 11.6. The minimum Gasteiger partial charge on any atom is -0.545 e. The van der Waals surface area contributed by atoms with E-state index in [4.69, 9.17) is 18.9 Å². The number of carboxylic acids is 1. The average molecular weight is 1350 g/mol. The summed E-state index contributed by atoms with van der Waals surface area (Å²) in [6.45, 7) is 4.57. The Kier molecular flexibility index (Phi) is 74.0. The van der Waals surface area contributed by atoms with Gasteiger partial charge in [-0.15, -0.1) is 0 Å². The zero-order valence-corrected chi connectivity index (χ0v) is 63.9. The number of esters is 2. The van der Waals surface area contributed by atoms with Gasteiger partial charge >= 0.3 is 11.9 Å². The van der Waals surface area contributed by atoms with E-state index in [1.54, 1.807) is 0 Å². The van der Waals surface area contributed by atoms with Gasteiger partial charge in [-0.1, -0.05) is 367 Å². The third-order valence-corrected chi connectivity index (χ3v) is 17.7. The summed E-state index contributed by atoms with van der Waals surface area (Å²) >= 11 is 0. The van der Waals surface area contributed by atoms with Crippen molar-refractivity contribution in [1.82, 2.24) is 0 Å². The zero-order chi connectivity index (χ0) is 70.4. The molecule has 0 N–H and O–H groups in total. The summed E-state index contributed by atoms with van der Waals surface area (Å²) in [5, 5.41) is 11.9. The van der Waals surface area contributed by atoms with Gasteiger partial charge in [0.25, 0.3) is 0 Å². The maximum Gasteiger partial charge on any atom is 0.306 e. The monoisotopic (exact) mass is 1350 g/mol. The van der Waals surface area contributed by atoms with Gasteiger partial charge in [-0.25, -0.2) is 0 Å². The van der Waals surface area contributed by atoms with Crippen LogP contribution in [-0.2, 0) is 33.3 Å². The van der Waals surface area contributed by atoms with E-state index in [0.29, 0.717) is 23.9 Å². The van der Waals surface area contributed by atoms with E-state index in [1.807, 2.05) is 21.1 Å². The largest absolute Gasteiger partial charge is 0.545 e. The molecule has 558 valence electrons. The van der Waals surface area contributed by atoms with Crippen molar-refractivity contribution in [3.8, 4) is 0 Å². The summed E-state index contributed by atoms with van der Waals surface area (Å²) in [4.78, 5) is 37.6. The molecule has 0 aromatic heterocycles. The molecule has 0 amide bonds. The maximum absolute atomic E-state index is 13.0. The van der Waals surface area contributed by atoms with Gasteiger partial charge in [0.15, 0.2) is 12.4 Å². The molecule has 9 heteroatoms. The molecule has 2 atom stereocenters. The molecule has 0 fully saturated rings. The molecule has 0 heterocycles. The predicted octanol–water partition coefficient (Wildman–Crippen LogP) is 24.9. The smallest absolute Gasteiger partial charge is 0.306 e. The molecule has 0 aromatic rings. The van der Waals surface area contributed by atoms with Crippen molar-refractivity contribution in [3.05, 3.63) is 122 Å². The molecule has 0 aliphatic rings. The van der Waals surface area contributed by atoms with Gasteiger partial charge in [0.2, 0.25) is 0 Å². The van der Waals surface area contributed by atoms with Gasteiger partial charge in [-0.2, -0.15) is 0 Å². The number of carbonyl (C=O) groups is 3. The molecular formula is C88H153NO8. The topological polar surface area (TPSA) is 111 Å². The number of likely N-dealkylation sites (N-methyl/N-ethyl adjacent to an activating group) is 1. The third kappa shape index (κ3) is 78.9. The quantitative estimate of drug-likeness (QED) is 0.0195. The summed E-state index contributed by atoms with van der Waals surface area (Å²) in [6.07, 6.45) is 108. The minimum absolute atomic E-state index is 0.147. The molecule has 0 radical (unpaired) electrons. The van der Waals surface area contributed by atoms with E-state index in [9.17, 15) is 19.5 Å². The lowest BCUT2D eigenvalue weighted by molar-refractivity contribution is -0.870. The molecule has 9 nitrogen and oxygen atoms in total. The van der Waals surface area contributed by atoms with Crippen molar-refractivity contribution in [3.63, 3.8) is 0 Å². The van der Waals surface area contributed by atoms with Gasteiger partial charge in [-0.05, 0) is 103 Å². The number of nitrogens with zero attached hydrogens (tertiary/aromatic N) is 1. The summed E-state index contributed by atoms with van der Waals surface area (Å²) < 4.78 is 22.9. The van der Waals surface area contributed by atoms with Gasteiger partial charge in [0, 0.05) is 12.8 Å². The SMILES string of the molecule is CC/C=C\C/C=C\C/C=C\C/C=C\C/C=C\C/C=C\CCCCCCCCCCCCCCCCCCCCC(=O)OC(COC(=O)CCCCCCCCCCCCCCCCCCCCCCCC/C=C\C/C=C\C/C=C\C/C=C\CC)COC(OCC[N+](C)(C)C)C(=O)[O-]. The lowest BCUT2D eigenvalue weighted by atomic mass is 10.0. The molecule has 0 saturated carbocycles. The summed E-state index contributed by atoms with van der Waals surface area (Å²) in [5.41, 5.74) is 0. The fraction of sp³-hybridized carbons (Fsp3) is 0.739.